The molecule has 1 N–H and O–H groups in total. The first-order chi connectivity index (χ1) is 2.77. The summed E-state index contributed by atoms with van der Waals surface area (Å²) in [6.07, 6.45) is -0.977. The third-order valence-electron chi connectivity index (χ3n) is 0.304. The molecule has 2 nitrogen and oxygen atoms in total. The Morgan fingerprint density at radius 2 is 2.50 bits per heavy atom. The van der Waals surface area contributed by atoms with Gasteiger partial charge in [0.2, 0.25) is 0 Å². The molecule has 3 heteroatoms. The van der Waals surface area contributed by atoms with Crippen LogP contribution in [-0.2, 0) is 4.74 Å². The maximum atomic E-state index is 10.9. The van der Waals surface area contributed by atoms with Crippen LogP contribution in [0.2, 0.25) is 0 Å². The van der Waals surface area contributed by atoms with E-state index in [2.05, 4.69) is 4.74 Å². The van der Waals surface area contributed by atoms with Gasteiger partial charge in [-0.3, -0.25) is 0 Å². The summed E-state index contributed by atoms with van der Waals surface area (Å²) in [6.45, 7) is 0.428. The van der Waals surface area contributed by atoms with E-state index in [1.165, 1.54) is 6.92 Å². The molecule has 38 valence electrons. The van der Waals surface area contributed by atoms with E-state index in [0.29, 0.717) is 0 Å². The zero-order valence-electron chi connectivity index (χ0n) is 3.52. The smallest absolute Gasteiger partial charge is 0.191 e. The molecule has 0 aliphatic rings. The van der Waals surface area contributed by atoms with Crippen LogP contribution in [0.3, 0.4) is 0 Å². The molecule has 0 saturated carbocycles. The molecule has 0 spiro atoms. The van der Waals surface area contributed by atoms with Crippen molar-refractivity contribution in [2.24, 2.45) is 0 Å². The van der Waals surface area contributed by atoms with Crippen LogP contribution in [-0.4, -0.2) is 18.3 Å². The number of alkyl halides is 1. The Bertz CT molecular complexity index is 30.0. The first-order valence-electron chi connectivity index (χ1n) is 1.63. The molecule has 0 saturated heterocycles. The van der Waals surface area contributed by atoms with Crippen LogP contribution in [0.5, 0.6) is 0 Å². The van der Waals surface area contributed by atoms with Crippen LogP contribution in [0.4, 0.5) is 4.39 Å². The minimum atomic E-state index is -0.977. The number of hydrogen-bond donors (Lipinski definition) is 1. The first-order valence-corrected chi connectivity index (χ1v) is 1.63. The second-order valence-electron chi connectivity index (χ2n) is 0.875. The zero-order valence-corrected chi connectivity index (χ0v) is 3.52. The summed E-state index contributed by atoms with van der Waals surface area (Å²) in [6, 6.07) is 0. The van der Waals surface area contributed by atoms with Gasteiger partial charge in [0.15, 0.2) is 13.2 Å². The number of hydrogen-bond acceptors (Lipinski definition) is 2. The molecule has 0 aliphatic carbocycles. The second-order valence-corrected chi connectivity index (χ2v) is 0.875. The predicted molar refractivity (Wildman–Crippen MR) is 18.7 cm³/mol. The predicted octanol–water partition coefficient (Wildman–Crippen LogP) is 0.268. The van der Waals surface area contributed by atoms with Gasteiger partial charge in [0.25, 0.3) is 0 Å². The topological polar surface area (TPSA) is 29.5 Å². The highest BCUT2D eigenvalue weighted by Gasteiger charge is 1.87. The van der Waals surface area contributed by atoms with Crippen molar-refractivity contribution in [2.45, 2.75) is 13.2 Å². The molecule has 0 aromatic heterocycles. The number of rotatable bonds is 2. The van der Waals surface area contributed by atoms with Crippen molar-refractivity contribution in [1.82, 2.24) is 0 Å². The Morgan fingerprint density at radius 1 is 2.00 bits per heavy atom. The van der Waals surface area contributed by atoms with Gasteiger partial charge in [-0.1, -0.05) is 0 Å². The molecular weight excluding hydrogens is 87.0 g/mol. The van der Waals surface area contributed by atoms with Crippen LogP contribution in [0.15, 0.2) is 0 Å². The van der Waals surface area contributed by atoms with Crippen molar-refractivity contribution in [3.8, 4) is 0 Å². The molecule has 6 heavy (non-hydrogen) atoms. The van der Waals surface area contributed by atoms with Crippen molar-refractivity contribution in [1.29, 1.82) is 0 Å². The van der Waals surface area contributed by atoms with E-state index in [-0.39, 0.29) is 0 Å². The van der Waals surface area contributed by atoms with Gasteiger partial charge in [0.1, 0.15) is 0 Å². The average Bonchev–Trinajstić information content (AvgIpc) is 1.35. The third kappa shape index (κ3) is 3.85. The van der Waals surface area contributed by atoms with Crippen molar-refractivity contribution < 1.29 is 14.2 Å². The maximum Gasteiger partial charge on any atom is 0.191 e. The molecule has 0 fully saturated rings. The van der Waals surface area contributed by atoms with E-state index in [4.69, 9.17) is 5.11 Å². The largest absolute Gasteiger partial charge is 0.368 e. The molecule has 0 rings (SSSR count). The van der Waals surface area contributed by atoms with Gasteiger partial charge >= 0.3 is 0 Å². The Hall–Kier alpha value is -0.150. The second kappa shape index (κ2) is 3.06. The number of aliphatic hydroxyl groups excluding tert-OH is 1. The molecule has 1 atom stereocenters. The summed E-state index contributed by atoms with van der Waals surface area (Å²) in [5.74, 6) is 0. The van der Waals surface area contributed by atoms with Gasteiger partial charge in [-0.2, -0.15) is 0 Å². The van der Waals surface area contributed by atoms with Crippen molar-refractivity contribution in [3.05, 3.63) is 0 Å². The quantitative estimate of drug-likeness (QED) is 0.497. The molecule has 0 aromatic carbocycles. The molecule has 1 unspecified atom stereocenters. The SMILES string of the molecule is CC(O)OCF. The monoisotopic (exact) mass is 94.0 g/mol. The van der Waals surface area contributed by atoms with Gasteiger partial charge < -0.3 is 9.84 Å². The molecule has 0 aromatic rings. The van der Waals surface area contributed by atoms with Crippen molar-refractivity contribution >= 4 is 0 Å². The summed E-state index contributed by atoms with van der Waals surface area (Å²) in [5, 5.41) is 8.09. The van der Waals surface area contributed by atoms with Crippen LogP contribution in [0.25, 0.3) is 0 Å². The van der Waals surface area contributed by atoms with Gasteiger partial charge in [0.05, 0.1) is 0 Å². The van der Waals surface area contributed by atoms with E-state index in [1.807, 2.05) is 0 Å². The first kappa shape index (κ1) is 5.85. The Kier molecular flexibility index (Phi) is 2.98. The van der Waals surface area contributed by atoms with Crippen LogP contribution in [0, 0.1) is 0 Å². The van der Waals surface area contributed by atoms with E-state index in [1.54, 1.807) is 0 Å². The summed E-state index contributed by atoms with van der Waals surface area (Å²) in [5.41, 5.74) is 0. The molecular formula is C3H7FO2. The van der Waals surface area contributed by atoms with Gasteiger partial charge in [-0.15, -0.1) is 0 Å². The minimum absolute atomic E-state index is 0.919. The van der Waals surface area contributed by atoms with Crippen LogP contribution in [0.1, 0.15) is 6.92 Å². The zero-order chi connectivity index (χ0) is 4.99. The Labute approximate surface area is 35.5 Å². The summed E-state index contributed by atoms with van der Waals surface area (Å²) >= 11 is 0. The lowest BCUT2D eigenvalue weighted by atomic mass is 10.8. The fourth-order valence-electron chi connectivity index (χ4n) is 0.0912. The van der Waals surface area contributed by atoms with Gasteiger partial charge in [-0.05, 0) is 6.92 Å². The minimum Gasteiger partial charge on any atom is -0.368 e. The van der Waals surface area contributed by atoms with Gasteiger partial charge in [-0.25, -0.2) is 4.39 Å². The fourth-order valence-corrected chi connectivity index (χ4v) is 0.0912. The van der Waals surface area contributed by atoms with Crippen LogP contribution < -0.4 is 0 Å². The normalized spacial score (nSPS) is 14.5. The molecule has 0 heterocycles. The summed E-state index contributed by atoms with van der Waals surface area (Å²) in [4.78, 5) is 0. The molecule has 0 radical (unpaired) electrons. The lowest BCUT2D eigenvalue weighted by molar-refractivity contribution is -0.115. The van der Waals surface area contributed by atoms with Crippen LogP contribution >= 0.6 is 0 Å². The highest BCUT2D eigenvalue weighted by atomic mass is 19.1. The number of aliphatic hydroxyl groups is 1. The van der Waals surface area contributed by atoms with Crippen molar-refractivity contribution in [2.75, 3.05) is 6.86 Å². The highest BCUT2D eigenvalue weighted by Crippen LogP contribution is 1.80. The van der Waals surface area contributed by atoms with E-state index in [0.717, 1.165) is 0 Å². The Morgan fingerprint density at radius 3 is 2.50 bits per heavy atom. The molecule has 0 bridgehead atoms. The van der Waals surface area contributed by atoms with Crippen molar-refractivity contribution in [3.63, 3.8) is 0 Å². The number of ether oxygens (including phenoxy) is 1. The average molecular weight is 94.1 g/mol. The molecule has 0 amide bonds. The fraction of sp³-hybridized carbons (Fsp3) is 1.00. The van der Waals surface area contributed by atoms with E-state index >= 15 is 0 Å². The Balaban J connectivity index is 2.63. The lowest BCUT2D eigenvalue weighted by Gasteiger charge is -1.97. The standard InChI is InChI=1S/C3H7FO2/c1-3(5)6-2-4/h3,5H,2H2,1H3. The van der Waals surface area contributed by atoms with E-state index in [9.17, 15) is 4.39 Å². The number of halogens is 1. The third-order valence-corrected chi connectivity index (χ3v) is 0.304. The van der Waals surface area contributed by atoms with E-state index < -0.39 is 13.2 Å². The molecule has 0 aliphatic heterocycles. The van der Waals surface area contributed by atoms with Gasteiger partial charge in [0, 0.05) is 0 Å². The maximum absolute atomic E-state index is 10.9. The highest BCUT2D eigenvalue weighted by molar-refractivity contribution is 4.13. The summed E-state index contributed by atoms with van der Waals surface area (Å²) in [7, 11) is 0. The lowest BCUT2D eigenvalue weighted by Crippen LogP contribution is -2.03. The summed E-state index contributed by atoms with van der Waals surface area (Å²) < 4.78 is 14.8.